The highest BCUT2D eigenvalue weighted by Gasteiger charge is 2.17. The van der Waals surface area contributed by atoms with Crippen LogP contribution in [0.3, 0.4) is 0 Å². The molecule has 3 nitrogen and oxygen atoms in total. The van der Waals surface area contributed by atoms with Gasteiger partial charge in [-0.1, -0.05) is 24.6 Å². The van der Waals surface area contributed by atoms with E-state index in [9.17, 15) is 4.79 Å². The molecule has 0 aliphatic heterocycles. The van der Waals surface area contributed by atoms with Gasteiger partial charge in [-0.15, -0.1) is 0 Å². The summed E-state index contributed by atoms with van der Waals surface area (Å²) in [5.74, 6) is 1.03. The fourth-order valence-electron chi connectivity index (χ4n) is 2.98. The predicted octanol–water partition coefficient (Wildman–Crippen LogP) is 3.88. The third-order valence-electron chi connectivity index (χ3n) is 3.76. The molecule has 0 fully saturated rings. The standard InChI is InChI=1S/C17H23NO2/c1-12-7-13(2)9-14(8-12)11-18-16-6-4-5-15(10-16)17(19)20-3/h4-7,10,12,14,18H,8-9,11H2,1-3H3. The zero-order valence-electron chi connectivity index (χ0n) is 12.5. The summed E-state index contributed by atoms with van der Waals surface area (Å²) < 4.78 is 4.74. The van der Waals surface area contributed by atoms with Crippen molar-refractivity contribution in [3.63, 3.8) is 0 Å². The summed E-state index contributed by atoms with van der Waals surface area (Å²) in [5.41, 5.74) is 3.05. The molecule has 1 aliphatic rings. The molecular formula is C17H23NO2. The Morgan fingerprint density at radius 2 is 2.25 bits per heavy atom. The van der Waals surface area contributed by atoms with Gasteiger partial charge in [0.25, 0.3) is 0 Å². The second-order valence-corrected chi connectivity index (χ2v) is 5.75. The summed E-state index contributed by atoms with van der Waals surface area (Å²) in [6, 6.07) is 7.48. The first kappa shape index (κ1) is 14.6. The van der Waals surface area contributed by atoms with Crippen LogP contribution >= 0.6 is 0 Å². The van der Waals surface area contributed by atoms with Crippen LogP contribution in [-0.2, 0) is 4.74 Å². The number of ether oxygens (including phenoxy) is 1. The molecule has 20 heavy (non-hydrogen) atoms. The smallest absolute Gasteiger partial charge is 0.337 e. The lowest BCUT2D eigenvalue weighted by Gasteiger charge is -2.26. The molecule has 0 bridgehead atoms. The van der Waals surface area contributed by atoms with Crippen molar-refractivity contribution in [3.05, 3.63) is 41.5 Å². The van der Waals surface area contributed by atoms with E-state index in [1.807, 2.05) is 18.2 Å². The van der Waals surface area contributed by atoms with Gasteiger partial charge < -0.3 is 10.1 Å². The van der Waals surface area contributed by atoms with Crippen molar-refractivity contribution in [2.45, 2.75) is 26.7 Å². The fourth-order valence-corrected chi connectivity index (χ4v) is 2.98. The highest BCUT2D eigenvalue weighted by Crippen LogP contribution is 2.28. The van der Waals surface area contributed by atoms with Crippen molar-refractivity contribution < 1.29 is 9.53 Å². The van der Waals surface area contributed by atoms with Crippen molar-refractivity contribution in [2.75, 3.05) is 19.0 Å². The predicted molar refractivity (Wildman–Crippen MR) is 81.9 cm³/mol. The summed E-state index contributed by atoms with van der Waals surface area (Å²) >= 11 is 0. The molecule has 1 aromatic carbocycles. The number of nitrogens with one attached hydrogen (secondary N) is 1. The highest BCUT2D eigenvalue weighted by molar-refractivity contribution is 5.90. The molecule has 0 radical (unpaired) electrons. The minimum absolute atomic E-state index is 0.293. The number of rotatable bonds is 4. The molecule has 0 amide bonds. The van der Waals surface area contributed by atoms with Crippen LogP contribution in [0.1, 0.15) is 37.0 Å². The Hall–Kier alpha value is -1.77. The topological polar surface area (TPSA) is 38.3 Å². The molecule has 3 heteroatoms. The number of esters is 1. The van der Waals surface area contributed by atoms with E-state index in [4.69, 9.17) is 4.74 Å². The summed E-state index contributed by atoms with van der Waals surface area (Å²) in [6.45, 7) is 5.42. The van der Waals surface area contributed by atoms with Crippen molar-refractivity contribution >= 4 is 11.7 Å². The zero-order chi connectivity index (χ0) is 14.5. The minimum Gasteiger partial charge on any atom is -0.465 e. The number of methoxy groups -OCH3 is 1. The average Bonchev–Trinajstić information content (AvgIpc) is 2.43. The largest absolute Gasteiger partial charge is 0.465 e. The Balaban J connectivity index is 1.94. The molecule has 1 aliphatic carbocycles. The first-order chi connectivity index (χ1) is 9.58. The maximum atomic E-state index is 11.5. The molecule has 0 saturated heterocycles. The molecule has 108 valence electrons. The van der Waals surface area contributed by atoms with E-state index in [2.05, 4.69) is 25.2 Å². The molecule has 2 unspecified atom stereocenters. The van der Waals surface area contributed by atoms with Crippen molar-refractivity contribution in [2.24, 2.45) is 11.8 Å². The van der Waals surface area contributed by atoms with Crippen LogP contribution in [-0.4, -0.2) is 19.6 Å². The molecule has 0 spiro atoms. The minimum atomic E-state index is -0.293. The van der Waals surface area contributed by atoms with Gasteiger partial charge >= 0.3 is 5.97 Å². The molecule has 1 N–H and O–H groups in total. The van der Waals surface area contributed by atoms with Crippen molar-refractivity contribution in [1.29, 1.82) is 0 Å². The summed E-state index contributed by atoms with van der Waals surface area (Å²) in [4.78, 5) is 11.5. The van der Waals surface area contributed by atoms with Gasteiger partial charge in [-0.2, -0.15) is 0 Å². The van der Waals surface area contributed by atoms with Gasteiger partial charge in [-0.3, -0.25) is 0 Å². The van der Waals surface area contributed by atoms with Gasteiger partial charge in [0.05, 0.1) is 12.7 Å². The molecule has 2 atom stereocenters. The second-order valence-electron chi connectivity index (χ2n) is 5.75. The SMILES string of the molecule is COC(=O)c1cccc(NCC2CC(C)=CC(C)C2)c1. The molecule has 0 heterocycles. The Bertz CT molecular complexity index is 507. The lowest BCUT2D eigenvalue weighted by molar-refractivity contribution is 0.0601. The molecule has 2 rings (SSSR count). The quantitative estimate of drug-likeness (QED) is 0.668. The first-order valence-corrected chi connectivity index (χ1v) is 7.18. The average molecular weight is 273 g/mol. The van der Waals surface area contributed by atoms with E-state index < -0.39 is 0 Å². The number of carbonyl (C=O) groups excluding carboxylic acids is 1. The van der Waals surface area contributed by atoms with Crippen LogP contribution < -0.4 is 5.32 Å². The Morgan fingerprint density at radius 1 is 1.45 bits per heavy atom. The summed E-state index contributed by atoms with van der Waals surface area (Å²) in [6.07, 6.45) is 4.75. The van der Waals surface area contributed by atoms with E-state index in [0.29, 0.717) is 17.4 Å². The van der Waals surface area contributed by atoms with Crippen LogP contribution in [0.2, 0.25) is 0 Å². The van der Waals surface area contributed by atoms with Crippen LogP contribution in [0.25, 0.3) is 0 Å². The van der Waals surface area contributed by atoms with Crippen molar-refractivity contribution in [1.82, 2.24) is 0 Å². The number of anilines is 1. The van der Waals surface area contributed by atoms with Crippen LogP contribution in [0.5, 0.6) is 0 Å². The molecule has 0 aromatic heterocycles. The van der Waals surface area contributed by atoms with E-state index >= 15 is 0 Å². The normalized spacial score (nSPS) is 22.1. The van der Waals surface area contributed by atoms with Gasteiger partial charge in [-0.05, 0) is 49.8 Å². The molecule has 1 aromatic rings. The van der Waals surface area contributed by atoms with Crippen LogP contribution in [0.4, 0.5) is 5.69 Å². The van der Waals surface area contributed by atoms with Gasteiger partial charge in [-0.25, -0.2) is 4.79 Å². The lowest BCUT2D eigenvalue weighted by Crippen LogP contribution is -2.20. The zero-order valence-corrected chi connectivity index (χ0v) is 12.5. The number of allylic oxidation sites excluding steroid dienone is 2. The van der Waals surface area contributed by atoms with Crippen LogP contribution in [0.15, 0.2) is 35.9 Å². The third kappa shape index (κ3) is 3.86. The Kier molecular flexibility index (Phi) is 4.83. The van der Waals surface area contributed by atoms with Gasteiger partial charge in [0.2, 0.25) is 0 Å². The number of hydrogen-bond donors (Lipinski definition) is 1. The third-order valence-corrected chi connectivity index (χ3v) is 3.76. The fraction of sp³-hybridized carbons (Fsp3) is 0.471. The first-order valence-electron chi connectivity index (χ1n) is 7.18. The monoisotopic (exact) mass is 273 g/mol. The number of hydrogen-bond acceptors (Lipinski definition) is 3. The number of benzene rings is 1. The maximum Gasteiger partial charge on any atom is 0.337 e. The summed E-state index contributed by atoms with van der Waals surface area (Å²) in [7, 11) is 1.40. The van der Waals surface area contributed by atoms with Gasteiger partial charge in [0.1, 0.15) is 0 Å². The van der Waals surface area contributed by atoms with E-state index in [1.54, 1.807) is 6.07 Å². The lowest BCUT2D eigenvalue weighted by atomic mass is 9.84. The van der Waals surface area contributed by atoms with E-state index in [-0.39, 0.29) is 5.97 Å². The highest BCUT2D eigenvalue weighted by atomic mass is 16.5. The number of carbonyl (C=O) groups is 1. The molecular weight excluding hydrogens is 250 g/mol. The van der Waals surface area contributed by atoms with E-state index in [0.717, 1.165) is 18.7 Å². The van der Waals surface area contributed by atoms with E-state index in [1.165, 1.54) is 19.1 Å². The van der Waals surface area contributed by atoms with Crippen molar-refractivity contribution in [3.8, 4) is 0 Å². The summed E-state index contributed by atoms with van der Waals surface area (Å²) in [5, 5.41) is 3.44. The second kappa shape index (κ2) is 6.60. The molecule has 0 saturated carbocycles. The Morgan fingerprint density at radius 3 is 2.95 bits per heavy atom. The van der Waals surface area contributed by atoms with Gasteiger partial charge in [0, 0.05) is 12.2 Å². The van der Waals surface area contributed by atoms with Crippen LogP contribution in [0, 0.1) is 11.8 Å². The van der Waals surface area contributed by atoms with Gasteiger partial charge in [0.15, 0.2) is 0 Å². The maximum absolute atomic E-state index is 11.5. The Labute approximate surface area is 121 Å².